The predicted octanol–water partition coefficient (Wildman–Crippen LogP) is 1.94. The molecule has 1 heterocycles. The van der Waals surface area contributed by atoms with Crippen molar-refractivity contribution in [3.63, 3.8) is 0 Å². The molecule has 80 valence electrons. The van der Waals surface area contributed by atoms with E-state index in [2.05, 4.69) is 21.6 Å². The lowest BCUT2D eigenvalue weighted by molar-refractivity contribution is 0.150. The average molecular weight is 215 g/mol. The third kappa shape index (κ3) is 4.02. The molecule has 0 aromatic carbocycles. The molecule has 0 spiro atoms. The lowest BCUT2D eigenvalue weighted by atomic mass is 10.4. The van der Waals surface area contributed by atoms with Gasteiger partial charge in [0.25, 0.3) is 0 Å². The fourth-order valence-corrected chi connectivity index (χ4v) is 1.60. The van der Waals surface area contributed by atoms with Crippen LogP contribution in [0.3, 0.4) is 0 Å². The summed E-state index contributed by atoms with van der Waals surface area (Å²) in [5.41, 5.74) is 0. The highest BCUT2D eigenvalue weighted by atomic mass is 32.1. The number of anilines is 1. The van der Waals surface area contributed by atoms with E-state index in [0.29, 0.717) is 6.61 Å². The first-order valence-electron chi connectivity index (χ1n) is 5.01. The number of nitrogens with zero attached hydrogens (tertiary/aromatic N) is 2. The van der Waals surface area contributed by atoms with Gasteiger partial charge in [0, 0.05) is 31.1 Å². The van der Waals surface area contributed by atoms with E-state index < -0.39 is 0 Å². The lowest BCUT2D eigenvalue weighted by Gasteiger charge is -1.97. The summed E-state index contributed by atoms with van der Waals surface area (Å²) in [5.74, 6) is 0.877. The van der Waals surface area contributed by atoms with Gasteiger partial charge in [0.1, 0.15) is 5.82 Å². The SMILES string of the molecule is CCCNc1nc(CCOCC)ns1. The summed E-state index contributed by atoms with van der Waals surface area (Å²) in [6.45, 7) is 6.54. The molecule has 0 saturated heterocycles. The van der Waals surface area contributed by atoms with Gasteiger partial charge in [-0.3, -0.25) is 0 Å². The Bertz CT molecular complexity index is 252. The number of aromatic nitrogens is 2. The van der Waals surface area contributed by atoms with Gasteiger partial charge in [0.05, 0.1) is 6.61 Å². The van der Waals surface area contributed by atoms with Crippen molar-refractivity contribution in [3.8, 4) is 0 Å². The van der Waals surface area contributed by atoms with Gasteiger partial charge in [-0.25, -0.2) is 4.98 Å². The van der Waals surface area contributed by atoms with Crippen molar-refractivity contribution in [2.24, 2.45) is 0 Å². The van der Waals surface area contributed by atoms with Crippen molar-refractivity contribution in [1.29, 1.82) is 0 Å². The van der Waals surface area contributed by atoms with Gasteiger partial charge in [-0.2, -0.15) is 4.37 Å². The molecule has 0 aliphatic rings. The molecule has 1 aromatic rings. The van der Waals surface area contributed by atoms with E-state index in [1.807, 2.05) is 6.92 Å². The van der Waals surface area contributed by atoms with Crippen LogP contribution in [0.5, 0.6) is 0 Å². The van der Waals surface area contributed by atoms with Crippen LogP contribution in [0.15, 0.2) is 0 Å². The Morgan fingerprint density at radius 3 is 3.00 bits per heavy atom. The summed E-state index contributed by atoms with van der Waals surface area (Å²) in [4.78, 5) is 4.34. The van der Waals surface area contributed by atoms with Crippen LogP contribution in [0.1, 0.15) is 26.1 Å². The van der Waals surface area contributed by atoms with Gasteiger partial charge < -0.3 is 10.1 Å². The molecular formula is C9H17N3OS. The standard InChI is InChI=1S/C9H17N3OS/c1-3-6-10-9-11-8(12-14-9)5-7-13-4-2/h3-7H2,1-2H3,(H,10,11,12). The van der Waals surface area contributed by atoms with Gasteiger partial charge >= 0.3 is 0 Å². The molecule has 0 amide bonds. The molecule has 14 heavy (non-hydrogen) atoms. The molecule has 0 bridgehead atoms. The zero-order valence-electron chi connectivity index (χ0n) is 8.75. The third-order valence-electron chi connectivity index (χ3n) is 1.67. The number of nitrogens with one attached hydrogen (secondary N) is 1. The van der Waals surface area contributed by atoms with Crippen LogP contribution in [0.25, 0.3) is 0 Å². The minimum absolute atomic E-state index is 0.709. The van der Waals surface area contributed by atoms with Crippen LogP contribution in [0.2, 0.25) is 0 Å². The molecule has 0 saturated carbocycles. The Hall–Kier alpha value is -0.680. The molecule has 0 unspecified atom stereocenters. The summed E-state index contributed by atoms with van der Waals surface area (Å²) in [5, 5.41) is 4.12. The molecule has 1 N–H and O–H groups in total. The Morgan fingerprint density at radius 1 is 1.43 bits per heavy atom. The van der Waals surface area contributed by atoms with E-state index in [-0.39, 0.29) is 0 Å². The lowest BCUT2D eigenvalue weighted by Crippen LogP contribution is -2.01. The molecule has 4 nitrogen and oxygen atoms in total. The van der Waals surface area contributed by atoms with Crippen molar-refractivity contribution in [3.05, 3.63) is 5.82 Å². The van der Waals surface area contributed by atoms with Crippen molar-refractivity contribution in [2.45, 2.75) is 26.7 Å². The van der Waals surface area contributed by atoms with Crippen molar-refractivity contribution in [1.82, 2.24) is 9.36 Å². The maximum absolute atomic E-state index is 5.23. The summed E-state index contributed by atoms with van der Waals surface area (Å²) in [6.07, 6.45) is 1.91. The molecule has 0 aliphatic heterocycles. The normalized spacial score (nSPS) is 10.4. The molecule has 0 aliphatic carbocycles. The molecular weight excluding hydrogens is 198 g/mol. The maximum Gasteiger partial charge on any atom is 0.202 e. The van der Waals surface area contributed by atoms with E-state index in [1.165, 1.54) is 11.5 Å². The Labute approximate surface area is 88.9 Å². The molecule has 1 rings (SSSR count). The second-order valence-corrected chi connectivity index (χ2v) is 3.64. The summed E-state index contributed by atoms with van der Waals surface area (Å²) in [6, 6.07) is 0. The van der Waals surface area contributed by atoms with Crippen LogP contribution >= 0.6 is 11.5 Å². The first-order valence-corrected chi connectivity index (χ1v) is 5.78. The highest BCUT2D eigenvalue weighted by Crippen LogP contribution is 2.10. The quantitative estimate of drug-likeness (QED) is 0.706. The van der Waals surface area contributed by atoms with Gasteiger partial charge in [0.15, 0.2) is 0 Å². The molecule has 1 aromatic heterocycles. The Balaban J connectivity index is 2.27. The first kappa shape index (κ1) is 11.4. The highest BCUT2D eigenvalue weighted by molar-refractivity contribution is 7.09. The number of ether oxygens (including phenoxy) is 1. The van der Waals surface area contributed by atoms with E-state index in [4.69, 9.17) is 4.74 Å². The van der Waals surface area contributed by atoms with E-state index in [0.717, 1.165) is 36.9 Å². The first-order chi connectivity index (χ1) is 6.86. The van der Waals surface area contributed by atoms with E-state index in [1.54, 1.807) is 0 Å². The minimum Gasteiger partial charge on any atom is -0.381 e. The Morgan fingerprint density at radius 2 is 2.29 bits per heavy atom. The van der Waals surface area contributed by atoms with E-state index in [9.17, 15) is 0 Å². The smallest absolute Gasteiger partial charge is 0.202 e. The Kier molecular flexibility index (Phi) is 5.47. The topological polar surface area (TPSA) is 47.0 Å². The second-order valence-electron chi connectivity index (χ2n) is 2.89. The van der Waals surface area contributed by atoms with Gasteiger partial charge in [-0.05, 0) is 13.3 Å². The predicted molar refractivity (Wildman–Crippen MR) is 58.9 cm³/mol. The number of hydrogen-bond donors (Lipinski definition) is 1. The van der Waals surface area contributed by atoms with Crippen LogP contribution in [-0.4, -0.2) is 29.1 Å². The van der Waals surface area contributed by atoms with Crippen molar-refractivity contribution < 1.29 is 4.74 Å². The molecule has 0 radical (unpaired) electrons. The second kappa shape index (κ2) is 6.73. The number of rotatable bonds is 7. The van der Waals surface area contributed by atoms with Gasteiger partial charge in [-0.15, -0.1) is 0 Å². The average Bonchev–Trinajstić information content (AvgIpc) is 2.63. The van der Waals surface area contributed by atoms with Gasteiger partial charge in [0.2, 0.25) is 5.13 Å². The van der Waals surface area contributed by atoms with Crippen LogP contribution < -0.4 is 5.32 Å². The molecule has 0 atom stereocenters. The van der Waals surface area contributed by atoms with E-state index >= 15 is 0 Å². The monoisotopic (exact) mass is 215 g/mol. The summed E-state index contributed by atoms with van der Waals surface area (Å²) < 4.78 is 9.46. The fourth-order valence-electron chi connectivity index (χ4n) is 0.967. The molecule has 0 fully saturated rings. The van der Waals surface area contributed by atoms with Crippen LogP contribution in [-0.2, 0) is 11.2 Å². The summed E-state index contributed by atoms with van der Waals surface area (Å²) in [7, 11) is 0. The third-order valence-corrected chi connectivity index (χ3v) is 2.38. The minimum atomic E-state index is 0.709. The maximum atomic E-state index is 5.23. The zero-order chi connectivity index (χ0) is 10.2. The highest BCUT2D eigenvalue weighted by Gasteiger charge is 2.02. The van der Waals surface area contributed by atoms with Crippen molar-refractivity contribution in [2.75, 3.05) is 25.1 Å². The molecule has 5 heteroatoms. The fraction of sp³-hybridized carbons (Fsp3) is 0.778. The van der Waals surface area contributed by atoms with Crippen LogP contribution in [0, 0.1) is 0 Å². The van der Waals surface area contributed by atoms with Crippen LogP contribution in [0.4, 0.5) is 5.13 Å². The largest absolute Gasteiger partial charge is 0.381 e. The van der Waals surface area contributed by atoms with Crippen molar-refractivity contribution >= 4 is 16.7 Å². The zero-order valence-corrected chi connectivity index (χ0v) is 9.56. The van der Waals surface area contributed by atoms with Gasteiger partial charge in [-0.1, -0.05) is 6.92 Å². The number of hydrogen-bond acceptors (Lipinski definition) is 5. The summed E-state index contributed by atoms with van der Waals surface area (Å²) >= 11 is 1.42.